The molecule has 0 fully saturated rings. The molecule has 1 unspecified atom stereocenters. The number of amides is 2. The second-order valence-corrected chi connectivity index (χ2v) is 10.6. The van der Waals surface area contributed by atoms with Gasteiger partial charge in [-0.2, -0.15) is 0 Å². The Morgan fingerprint density at radius 1 is 0.833 bits per heavy atom. The Labute approximate surface area is 224 Å². The maximum absolute atomic E-state index is 13.7. The molecule has 4 nitrogen and oxygen atoms in total. The van der Waals surface area contributed by atoms with E-state index in [0.29, 0.717) is 38.3 Å². The molecule has 36 heavy (non-hydrogen) atoms. The molecule has 0 aliphatic carbocycles. The van der Waals surface area contributed by atoms with E-state index in [0.717, 1.165) is 27.6 Å². The molecule has 1 atom stereocenters. The molecule has 0 saturated carbocycles. The average molecular weight is 550 g/mol. The normalized spacial score (nSPS) is 11.8. The molecule has 0 radical (unpaired) electrons. The van der Waals surface area contributed by atoms with Crippen LogP contribution in [-0.2, 0) is 35.4 Å². The molecule has 0 saturated heterocycles. The van der Waals surface area contributed by atoms with E-state index in [1.807, 2.05) is 54.6 Å². The Balaban J connectivity index is 1.87. The Bertz CT molecular complexity index is 1100. The topological polar surface area (TPSA) is 49.4 Å². The Morgan fingerprint density at radius 2 is 1.44 bits per heavy atom. The molecule has 0 aliphatic heterocycles. The van der Waals surface area contributed by atoms with Gasteiger partial charge in [0.15, 0.2) is 0 Å². The number of rotatable bonds is 12. The first-order chi connectivity index (χ1) is 17.4. The maximum Gasteiger partial charge on any atom is 0.243 e. The molecule has 2 amide bonds. The van der Waals surface area contributed by atoms with E-state index in [2.05, 4.69) is 66.3 Å². The summed E-state index contributed by atoms with van der Waals surface area (Å²) in [5, 5.41) is 3.08. The van der Waals surface area contributed by atoms with Crippen molar-refractivity contribution in [2.45, 2.75) is 59.0 Å². The van der Waals surface area contributed by atoms with Crippen LogP contribution in [0.4, 0.5) is 0 Å². The van der Waals surface area contributed by atoms with Crippen molar-refractivity contribution in [1.29, 1.82) is 0 Å². The highest BCUT2D eigenvalue weighted by Crippen LogP contribution is 2.19. The molecule has 0 aliphatic rings. The molecule has 190 valence electrons. The van der Waals surface area contributed by atoms with Gasteiger partial charge >= 0.3 is 0 Å². The molecule has 0 aromatic heterocycles. The lowest BCUT2D eigenvalue weighted by Gasteiger charge is -2.32. The van der Waals surface area contributed by atoms with Crippen LogP contribution in [0, 0.1) is 5.92 Å². The number of carbonyl (C=O) groups is 2. The van der Waals surface area contributed by atoms with E-state index in [9.17, 15) is 9.59 Å². The summed E-state index contributed by atoms with van der Waals surface area (Å²) in [6, 6.07) is 25.7. The third-order valence-electron chi connectivity index (χ3n) is 6.28. The second-order valence-electron chi connectivity index (χ2n) is 9.66. The molecular formula is C31H37BrN2O2. The van der Waals surface area contributed by atoms with E-state index in [1.54, 1.807) is 4.90 Å². The Morgan fingerprint density at radius 3 is 2.06 bits per heavy atom. The van der Waals surface area contributed by atoms with Gasteiger partial charge in [0.1, 0.15) is 6.04 Å². The highest BCUT2D eigenvalue weighted by Gasteiger charge is 2.30. The van der Waals surface area contributed by atoms with Crippen molar-refractivity contribution in [3.05, 3.63) is 106 Å². The summed E-state index contributed by atoms with van der Waals surface area (Å²) in [5.74, 6) is 0.205. The average Bonchev–Trinajstić information content (AvgIpc) is 2.89. The van der Waals surface area contributed by atoms with Crippen molar-refractivity contribution in [1.82, 2.24) is 10.2 Å². The van der Waals surface area contributed by atoms with Crippen LogP contribution in [0.5, 0.6) is 0 Å². The standard InChI is InChI=1S/C31H37BrN2O2/c1-4-24-10-12-25(13-11-24)16-19-30(35)34(22-27-14-17-28(32)18-15-27)29(31(36)33-21-23(2)3)20-26-8-6-5-7-9-26/h5-15,17-18,23,29H,4,16,19-22H2,1-3H3,(H,33,36). The van der Waals surface area contributed by atoms with E-state index in [4.69, 9.17) is 0 Å². The number of nitrogens with zero attached hydrogens (tertiary/aromatic N) is 1. The number of carbonyl (C=O) groups excluding carboxylic acids is 2. The second kappa shape index (κ2) is 14.0. The quantitative estimate of drug-likeness (QED) is 0.286. The maximum atomic E-state index is 13.7. The van der Waals surface area contributed by atoms with E-state index in [-0.39, 0.29) is 11.8 Å². The fourth-order valence-electron chi connectivity index (χ4n) is 4.10. The summed E-state index contributed by atoms with van der Waals surface area (Å²) in [7, 11) is 0. The van der Waals surface area contributed by atoms with Gasteiger partial charge in [-0.1, -0.05) is 103 Å². The number of benzene rings is 3. The Hall–Kier alpha value is -2.92. The van der Waals surface area contributed by atoms with Crippen molar-refractivity contribution < 1.29 is 9.59 Å². The van der Waals surface area contributed by atoms with Gasteiger partial charge in [-0.15, -0.1) is 0 Å². The number of nitrogens with one attached hydrogen (secondary N) is 1. The lowest BCUT2D eigenvalue weighted by molar-refractivity contribution is -0.141. The lowest BCUT2D eigenvalue weighted by Crippen LogP contribution is -2.51. The zero-order chi connectivity index (χ0) is 25.9. The monoisotopic (exact) mass is 548 g/mol. The summed E-state index contributed by atoms with van der Waals surface area (Å²) < 4.78 is 0.982. The summed E-state index contributed by atoms with van der Waals surface area (Å²) in [5.41, 5.74) is 4.44. The minimum Gasteiger partial charge on any atom is -0.354 e. The van der Waals surface area contributed by atoms with Crippen molar-refractivity contribution in [3.8, 4) is 0 Å². The summed E-state index contributed by atoms with van der Waals surface area (Å²) >= 11 is 3.49. The Kier molecular flexibility index (Phi) is 10.7. The summed E-state index contributed by atoms with van der Waals surface area (Å²) in [6.07, 6.45) is 2.46. The van der Waals surface area contributed by atoms with Crippen LogP contribution < -0.4 is 5.32 Å². The minimum atomic E-state index is -0.593. The van der Waals surface area contributed by atoms with Crippen LogP contribution >= 0.6 is 15.9 Å². The predicted octanol–water partition coefficient (Wildman–Crippen LogP) is 6.36. The third-order valence-corrected chi connectivity index (χ3v) is 6.81. The van der Waals surface area contributed by atoms with Crippen molar-refractivity contribution >= 4 is 27.7 Å². The van der Waals surface area contributed by atoms with Crippen LogP contribution in [0.15, 0.2) is 83.3 Å². The van der Waals surface area contributed by atoms with Crippen molar-refractivity contribution in [3.63, 3.8) is 0 Å². The SMILES string of the molecule is CCc1ccc(CCC(=O)N(Cc2ccc(Br)cc2)C(Cc2ccccc2)C(=O)NCC(C)C)cc1. The van der Waals surface area contributed by atoms with Crippen LogP contribution in [0.3, 0.4) is 0 Å². The molecule has 5 heteroatoms. The highest BCUT2D eigenvalue weighted by atomic mass is 79.9. The minimum absolute atomic E-state index is 0.0156. The van der Waals surface area contributed by atoms with Crippen LogP contribution in [0.25, 0.3) is 0 Å². The van der Waals surface area contributed by atoms with Gasteiger partial charge in [-0.05, 0) is 53.1 Å². The molecule has 1 N–H and O–H groups in total. The molecular weight excluding hydrogens is 512 g/mol. The van der Waals surface area contributed by atoms with Crippen LogP contribution in [0.2, 0.25) is 0 Å². The fourth-order valence-corrected chi connectivity index (χ4v) is 4.36. The number of halogens is 1. The summed E-state index contributed by atoms with van der Waals surface area (Å²) in [6.45, 7) is 7.24. The van der Waals surface area contributed by atoms with Crippen molar-refractivity contribution in [2.75, 3.05) is 6.54 Å². The van der Waals surface area contributed by atoms with E-state index >= 15 is 0 Å². The molecule has 3 aromatic rings. The number of aryl methyl sites for hydroxylation is 2. The van der Waals surface area contributed by atoms with Gasteiger partial charge in [0.05, 0.1) is 0 Å². The highest BCUT2D eigenvalue weighted by molar-refractivity contribution is 9.10. The predicted molar refractivity (Wildman–Crippen MR) is 151 cm³/mol. The van der Waals surface area contributed by atoms with Gasteiger partial charge in [0, 0.05) is 30.4 Å². The molecule has 0 bridgehead atoms. The first kappa shape index (κ1) is 27.7. The van der Waals surface area contributed by atoms with Gasteiger partial charge in [0.2, 0.25) is 11.8 Å². The van der Waals surface area contributed by atoms with Crippen molar-refractivity contribution in [2.24, 2.45) is 5.92 Å². The molecule has 0 heterocycles. The van der Waals surface area contributed by atoms with Crippen LogP contribution in [-0.4, -0.2) is 29.3 Å². The van der Waals surface area contributed by atoms with Crippen LogP contribution in [0.1, 0.15) is 49.4 Å². The number of hydrogen-bond donors (Lipinski definition) is 1. The summed E-state index contributed by atoms with van der Waals surface area (Å²) in [4.78, 5) is 29.0. The zero-order valence-corrected chi connectivity index (χ0v) is 23.1. The molecule has 3 rings (SSSR count). The van der Waals surface area contributed by atoms with Gasteiger partial charge in [-0.25, -0.2) is 0 Å². The first-order valence-electron chi connectivity index (χ1n) is 12.8. The largest absolute Gasteiger partial charge is 0.354 e. The first-order valence-corrected chi connectivity index (χ1v) is 13.6. The van der Waals surface area contributed by atoms with Gasteiger partial charge < -0.3 is 10.2 Å². The molecule has 3 aromatic carbocycles. The number of hydrogen-bond acceptors (Lipinski definition) is 2. The van der Waals surface area contributed by atoms with Gasteiger partial charge in [-0.3, -0.25) is 9.59 Å². The zero-order valence-electron chi connectivity index (χ0n) is 21.5. The third kappa shape index (κ3) is 8.63. The smallest absolute Gasteiger partial charge is 0.243 e. The van der Waals surface area contributed by atoms with Gasteiger partial charge in [0.25, 0.3) is 0 Å². The fraction of sp³-hybridized carbons (Fsp3) is 0.355. The lowest BCUT2D eigenvalue weighted by atomic mass is 10.0. The van der Waals surface area contributed by atoms with E-state index < -0.39 is 6.04 Å². The van der Waals surface area contributed by atoms with E-state index in [1.165, 1.54) is 5.56 Å². The molecule has 0 spiro atoms.